The maximum atomic E-state index is 5.80. The van der Waals surface area contributed by atoms with Crippen LogP contribution in [0.5, 0.6) is 0 Å². The molecular weight excluding hydrogens is 262 g/mol. The first-order valence-electron chi connectivity index (χ1n) is 5.21. The zero-order valence-electron chi connectivity index (χ0n) is 9.42. The highest BCUT2D eigenvalue weighted by molar-refractivity contribution is 9.10. The fourth-order valence-corrected chi connectivity index (χ4v) is 2.24. The third-order valence-corrected chi connectivity index (χ3v) is 3.78. The molecule has 0 fully saturated rings. The lowest BCUT2D eigenvalue weighted by molar-refractivity contribution is 1.32. The molecule has 2 N–H and O–H groups in total. The first kappa shape index (κ1) is 11.2. The number of hydrogen-bond donors (Lipinski definition) is 1. The number of hydrogen-bond acceptors (Lipinski definition) is 1. The number of anilines is 1. The van der Waals surface area contributed by atoms with Crippen LogP contribution in [-0.2, 0) is 0 Å². The molecule has 2 rings (SSSR count). The summed E-state index contributed by atoms with van der Waals surface area (Å²) in [4.78, 5) is 0. The highest BCUT2D eigenvalue weighted by Crippen LogP contribution is 2.30. The minimum absolute atomic E-state index is 0.803. The minimum atomic E-state index is 0.803. The highest BCUT2D eigenvalue weighted by atomic mass is 79.9. The lowest BCUT2D eigenvalue weighted by Crippen LogP contribution is -1.90. The summed E-state index contributed by atoms with van der Waals surface area (Å²) in [5.74, 6) is 0. The van der Waals surface area contributed by atoms with Crippen molar-refractivity contribution in [1.29, 1.82) is 0 Å². The lowest BCUT2D eigenvalue weighted by atomic mass is 9.97. The Labute approximate surface area is 104 Å². The van der Waals surface area contributed by atoms with Gasteiger partial charge in [-0.3, -0.25) is 0 Å². The number of benzene rings is 2. The molecule has 0 spiro atoms. The van der Waals surface area contributed by atoms with Gasteiger partial charge in [0.1, 0.15) is 0 Å². The van der Waals surface area contributed by atoms with Gasteiger partial charge in [-0.1, -0.05) is 34.1 Å². The van der Waals surface area contributed by atoms with Gasteiger partial charge in [-0.2, -0.15) is 0 Å². The highest BCUT2D eigenvalue weighted by Gasteiger charge is 2.06. The summed E-state index contributed by atoms with van der Waals surface area (Å²) in [7, 11) is 0. The number of rotatable bonds is 1. The van der Waals surface area contributed by atoms with Gasteiger partial charge in [0.25, 0.3) is 0 Å². The van der Waals surface area contributed by atoms with E-state index in [0.29, 0.717) is 0 Å². The van der Waals surface area contributed by atoms with Crippen molar-refractivity contribution in [3.63, 3.8) is 0 Å². The van der Waals surface area contributed by atoms with Gasteiger partial charge in [-0.15, -0.1) is 0 Å². The van der Waals surface area contributed by atoms with Crippen LogP contribution in [0, 0.1) is 13.8 Å². The summed E-state index contributed by atoms with van der Waals surface area (Å²) in [6.07, 6.45) is 0. The van der Waals surface area contributed by atoms with E-state index < -0.39 is 0 Å². The van der Waals surface area contributed by atoms with Gasteiger partial charge in [0.15, 0.2) is 0 Å². The molecule has 2 heteroatoms. The van der Waals surface area contributed by atoms with Crippen LogP contribution in [-0.4, -0.2) is 0 Å². The predicted octanol–water partition coefficient (Wildman–Crippen LogP) is 4.32. The number of halogens is 1. The molecule has 16 heavy (non-hydrogen) atoms. The minimum Gasteiger partial charge on any atom is -0.399 e. The molecule has 0 amide bonds. The molecule has 0 saturated carbocycles. The molecule has 2 aromatic carbocycles. The molecule has 0 aliphatic heterocycles. The summed E-state index contributed by atoms with van der Waals surface area (Å²) < 4.78 is 1.15. The molecule has 0 saturated heterocycles. The second kappa shape index (κ2) is 4.30. The Morgan fingerprint density at radius 1 is 1.00 bits per heavy atom. The van der Waals surface area contributed by atoms with E-state index in [-0.39, 0.29) is 0 Å². The standard InChI is InChI=1S/C14H14BrN/c1-9-10(2)14(15)7-6-13(9)11-4-3-5-12(16)8-11/h3-8H,16H2,1-2H3. The summed E-state index contributed by atoms with van der Waals surface area (Å²) >= 11 is 3.54. The van der Waals surface area contributed by atoms with E-state index in [0.717, 1.165) is 10.2 Å². The van der Waals surface area contributed by atoms with Crippen LogP contribution in [0.15, 0.2) is 40.9 Å². The van der Waals surface area contributed by atoms with E-state index in [1.165, 1.54) is 22.3 Å². The molecule has 0 aliphatic carbocycles. The van der Waals surface area contributed by atoms with E-state index in [1.807, 2.05) is 18.2 Å². The molecule has 0 aliphatic rings. The Kier molecular flexibility index (Phi) is 3.01. The lowest BCUT2D eigenvalue weighted by Gasteiger charge is -2.11. The third-order valence-electron chi connectivity index (χ3n) is 2.92. The molecule has 0 unspecified atom stereocenters. The van der Waals surface area contributed by atoms with E-state index >= 15 is 0 Å². The summed E-state index contributed by atoms with van der Waals surface area (Å²) in [6, 6.07) is 12.2. The van der Waals surface area contributed by atoms with Crippen molar-refractivity contribution in [3.8, 4) is 11.1 Å². The molecule has 0 radical (unpaired) electrons. The average Bonchev–Trinajstić information content (AvgIpc) is 2.26. The van der Waals surface area contributed by atoms with Gasteiger partial charge >= 0.3 is 0 Å². The third kappa shape index (κ3) is 1.98. The molecule has 1 nitrogen and oxygen atoms in total. The summed E-state index contributed by atoms with van der Waals surface area (Å²) in [5, 5.41) is 0. The Morgan fingerprint density at radius 2 is 1.75 bits per heavy atom. The second-order valence-electron chi connectivity index (χ2n) is 3.97. The van der Waals surface area contributed by atoms with Gasteiger partial charge in [0.05, 0.1) is 0 Å². The van der Waals surface area contributed by atoms with Crippen molar-refractivity contribution in [2.75, 3.05) is 5.73 Å². The first-order chi connectivity index (χ1) is 7.59. The van der Waals surface area contributed by atoms with Crippen LogP contribution in [0.25, 0.3) is 11.1 Å². The molecule has 0 bridgehead atoms. The van der Waals surface area contributed by atoms with Crippen molar-refractivity contribution in [2.24, 2.45) is 0 Å². The quantitative estimate of drug-likeness (QED) is 0.771. The van der Waals surface area contributed by atoms with E-state index in [4.69, 9.17) is 5.73 Å². The van der Waals surface area contributed by atoms with Gasteiger partial charge < -0.3 is 5.73 Å². The van der Waals surface area contributed by atoms with E-state index in [2.05, 4.69) is 48.0 Å². The van der Waals surface area contributed by atoms with Gasteiger partial charge in [0.2, 0.25) is 0 Å². The fraction of sp³-hybridized carbons (Fsp3) is 0.143. The fourth-order valence-electron chi connectivity index (χ4n) is 1.81. The molecular formula is C14H14BrN. The van der Waals surface area contributed by atoms with E-state index in [9.17, 15) is 0 Å². The SMILES string of the molecule is Cc1c(Br)ccc(-c2cccc(N)c2)c1C. The van der Waals surface area contributed by atoms with Crippen LogP contribution in [0.2, 0.25) is 0 Å². The Bertz CT molecular complexity index is 532. The predicted molar refractivity (Wildman–Crippen MR) is 73.5 cm³/mol. The summed E-state index contributed by atoms with van der Waals surface area (Å²) in [6.45, 7) is 4.26. The Morgan fingerprint density at radius 3 is 2.44 bits per heavy atom. The summed E-state index contributed by atoms with van der Waals surface area (Å²) in [5.41, 5.74) is 11.6. The maximum absolute atomic E-state index is 5.80. The molecule has 82 valence electrons. The number of nitrogen functional groups attached to an aromatic ring is 1. The normalized spacial score (nSPS) is 10.4. The van der Waals surface area contributed by atoms with Gasteiger partial charge in [0, 0.05) is 10.2 Å². The maximum Gasteiger partial charge on any atom is 0.0320 e. The smallest absolute Gasteiger partial charge is 0.0320 e. The van der Waals surface area contributed by atoms with Crippen molar-refractivity contribution in [1.82, 2.24) is 0 Å². The largest absolute Gasteiger partial charge is 0.399 e. The number of nitrogens with two attached hydrogens (primary N) is 1. The van der Waals surface area contributed by atoms with E-state index in [1.54, 1.807) is 0 Å². The molecule has 2 aromatic rings. The van der Waals surface area contributed by atoms with Crippen molar-refractivity contribution in [3.05, 3.63) is 52.0 Å². The second-order valence-corrected chi connectivity index (χ2v) is 4.82. The molecule has 0 heterocycles. The van der Waals surface area contributed by atoms with Crippen molar-refractivity contribution < 1.29 is 0 Å². The Balaban J connectivity index is 2.61. The van der Waals surface area contributed by atoms with Gasteiger partial charge in [-0.25, -0.2) is 0 Å². The zero-order chi connectivity index (χ0) is 11.7. The van der Waals surface area contributed by atoms with Crippen LogP contribution in [0.4, 0.5) is 5.69 Å². The van der Waals surface area contributed by atoms with Gasteiger partial charge in [-0.05, 0) is 54.3 Å². The zero-order valence-corrected chi connectivity index (χ0v) is 11.0. The monoisotopic (exact) mass is 275 g/mol. The molecule has 0 aromatic heterocycles. The average molecular weight is 276 g/mol. The van der Waals surface area contributed by atoms with Crippen LogP contribution < -0.4 is 5.73 Å². The molecule has 0 atom stereocenters. The first-order valence-corrected chi connectivity index (χ1v) is 6.00. The van der Waals surface area contributed by atoms with Crippen LogP contribution in [0.1, 0.15) is 11.1 Å². The topological polar surface area (TPSA) is 26.0 Å². The van der Waals surface area contributed by atoms with Crippen molar-refractivity contribution >= 4 is 21.6 Å². The van der Waals surface area contributed by atoms with Crippen molar-refractivity contribution in [2.45, 2.75) is 13.8 Å². The van der Waals surface area contributed by atoms with Crippen LogP contribution in [0.3, 0.4) is 0 Å². The Hall–Kier alpha value is -1.28. The van der Waals surface area contributed by atoms with Crippen LogP contribution >= 0.6 is 15.9 Å².